The van der Waals surface area contributed by atoms with Gasteiger partial charge < -0.3 is 10.6 Å². The van der Waals surface area contributed by atoms with Gasteiger partial charge in [-0.15, -0.1) is 0 Å². The molecule has 2 N–H and O–H groups in total. The van der Waals surface area contributed by atoms with Crippen LogP contribution in [0.15, 0.2) is 18.2 Å². The molecule has 1 aromatic rings. The molecular weight excluding hydrogens is 196 g/mol. The van der Waals surface area contributed by atoms with Gasteiger partial charge >= 0.3 is 0 Å². The molecule has 0 unspecified atom stereocenters. The minimum atomic E-state index is 0.714. The number of benzene rings is 1. The van der Waals surface area contributed by atoms with Gasteiger partial charge in [0.25, 0.3) is 0 Å². The number of hydrogen-bond acceptors (Lipinski definition) is 2. The Kier molecular flexibility index (Phi) is 4.08. The molecule has 0 aliphatic heterocycles. The molecule has 0 aromatic heterocycles. The van der Waals surface area contributed by atoms with E-state index in [9.17, 15) is 0 Å². The second-order valence-electron chi connectivity index (χ2n) is 3.29. The van der Waals surface area contributed by atoms with E-state index in [0.29, 0.717) is 5.69 Å². The monoisotopic (exact) mass is 212 g/mol. The zero-order valence-electron chi connectivity index (χ0n) is 8.76. The molecule has 3 heteroatoms. The summed E-state index contributed by atoms with van der Waals surface area (Å²) in [6.07, 6.45) is 1.12. The minimum absolute atomic E-state index is 0.714. The van der Waals surface area contributed by atoms with Gasteiger partial charge in [-0.25, -0.2) is 0 Å². The van der Waals surface area contributed by atoms with E-state index in [1.165, 1.54) is 0 Å². The van der Waals surface area contributed by atoms with E-state index in [2.05, 4.69) is 18.7 Å². The molecule has 0 saturated heterocycles. The molecule has 0 saturated carbocycles. The summed E-state index contributed by atoms with van der Waals surface area (Å²) in [5, 5.41) is 0.736. The third-order valence-electron chi connectivity index (χ3n) is 2.19. The van der Waals surface area contributed by atoms with Crippen LogP contribution in [-0.4, -0.2) is 13.1 Å². The first-order valence-electron chi connectivity index (χ1n) is 4.99. The van der Waals surface area contributed by atoms with Gasteiger partial charge in [-0.3, -0.25) is 0 Å². The van der Waals surface area contributed by atoms with Gasteiger partial charge in [0.2, 0.25) is 0 Å². The number of anilines is 2. The Morgan fingerprint density at radius 2 is 2.07 bits per heavy atom. The predicted molar refractivity (Wildman–Crippen MR) is 64.0 cm³/mol. The SMILES string of the molecule is CCCN(CC)c1ccc(N)cc1Cl. The number of hydrogen-bond donors (Lipinski definition) is 1. The number of rotatable bonds is 4. The maximum absolute atomic E-state index is 6.12. The van der Waals surface area contributed by atoms with Crippen LogP contribution in [0.4, 0.5) is 11.4 Å². The molecule has 1 aromatic carbocycles. The minimum Gasteiger partial charge on any atom is -0.399 e. The molecule has 1 rings (SSSR count). The first-order chi connectivity index (χ1) is 6.69. The Morgan fingerprint density at radius 1 is 1.36 bits per heavy atom. The molecule has 0 aliphatic rings. The van der Waals surface area contributed by atoms with Crippen molar-refractivity contribution in [1.82, 2.24) is 0 Å². The normalized spacial score (nSPS) is 10.2. The van der Waals surface area contributed by atoms with Crippen LogP contribution in [0, 0.1) is 0 Å². The molecule has 14 heavy (non-hydrogen) atoms. The molecule has 0 radical (unpaired) electrons. The molecule has 0 aliphatic carbocycles. The molecule has 0 bridgehead atoms. The van der Waals surface area contributed by atoms with Crippen molar-refractivity contribution in [3.8, 4) is 0 Å². The number of nitrogens with zero attached hydrogens (tertiary/aromatic N) is 1. The lowest BCUT2D eigenvalue weighted by atomic mass is 10.2. The standard InChI is InChI=1S/C11H17ClN2/c1-3-7-14(4-2)11-6-5-9(13)8-10(11)12/h5-6,8H,3-4,7,13H2,1-2H3. The van der Waals surface area contributed by atoms with E-state index in [-0.39, 0.29) is 0 Å². The van der Waals surface area contributed by atoms with Gasteiger partial charge in [0.15, 0.2) is 0 Å². The summed E-state index contributed by atoms with van der Waals surface area (Å²) < 4.78 is 0. The average Bonchev–Trinajstić information content (AvgIpc) is 2.15. The topological polar surface area (TPSA) is 29.3 Å². The molecule has 0 fully saturated rings. The molecule has 0 heterocycles. The van der Waals surface area contributed by atoms with E-state index in [4.69, 9.17) is 17.3 Å². The van der Waals surface area contributed by atoms with Crippen LogP contribution >= 0.6 is 11.6 Å². The van der Waals surface area contributed by atoms with Crippen LogP contribution in [0.1, 0.15) is 20.3 Å². The zero-order chi connectivity index (χ0) is 10.6. The first-order valence-corrected chi connectivity index (χ1v) is 5.36. The Labute approximate surface area is 90.7 Å². The summed E-state index contributed by atoms with van der Waals surface area (Å²) in [4.78, 5) is 2.25. The van der Waals surface area contributed by atoms with Crippen LogP contribution in [0.25, 0.3) is 0 Å². The van der Waals surface area contributed by atoms with Crippen molar-refractivity contribution in [2.45, 2.75) is 20.3 Å². The Morgan fingerprint density at radius 3 is 2.57 bits per heavy atom. The molecule has 0 atom stereocenters. The first kappa shape index (κ1) is 11.2. The highest BCUT2D eigenvalue weighted by molar-refractivity contribution is 6.33. The van der Waals surface area contributed by atoms with Gasteiger partial charge in [0, 0.05) is 18.8 Å². The second kappa shape index (κ2) is 5.11. The van der Waals surface area contributed by atoms with Gasteiger partial charge in [-0.1, -0.05) is 18.5 Å². The van der Waals surface area contributed by atoms with Crippen molar-refractivity contribution in [2.75, 3.05) is 23.7 Å². The van der Waals surface area contributed by atoms with Gasteiger partial charge in [0.1, 0.15) is 0 Å². The van der Waals surface area contributed by atoms with Crippen molar-refractivity contribution in [3.63, 3.8) is 0 Å². The summed E-state index contributed by atoms with van der Waals surface area (Å²) in [6.45, 7) is 6.29. The van der Waals surface area contributed by atoms with E-state index in [0.717, 1.165) is 30.2 Å². The largest absolute Gasteiger partial charge is 0.399 e. The molecular formula is C11H17ClN2. The van der Waals surface area contributed by atoms with Gasteiger partial charge in [-0.05, 0) is 31.5 Å². The Hall–Kier alpha value is -0.890. The van der Waals surface area contributed by atoms with Crippen LogP contribution in [0.2, 0.25) is 5.02 Å². The van der Waals surface area contributed by atoms with E-state index < -0.39 is 0 Å². The lowest BCUT2D eigenvalue weighted by molar-refractivity contribution is 0.792. The maximum Gasteiger partial charge on any atom is 0.0660 e. The van der Waals surface area contributed by atoms with Crippen LogP contribution in [0.5, 0.6) is 0 Å². The average molecular weight is 213 g/mol. The fourth-order valence-corrected chi connectivity index (χ4v) is 1.81. The summed E-state index contributed by atoms with van der Waals surface area (Å²) in [6, 6.07) is 5.67. The molecule has 2 nitrogen and oxygen atoms in total. The van der Waals surface area contributed by atoms with Crippen LogP contribution in [-0.2, 0) is 0 Å². The Balaban J connectivity index is 2.92. The van der Waals surface area contributed by atoms with Crippen molar-refractivity contribution in [1.29, 1.82) is 0 Å². The molecule has 78 valence electrons. The smallest absolute Gasteiger partial charge is 0.0660 e. The van der Waals surface area contributed by atoms with E-state index in [1.807, 2.05) is 12.1 Å². The second-order valence-corrected chi connectivity index (χ2v) is 3.70. The summed E-state index contributed by atoms with van der Waals surface area (Å²) >= 11 is 6.12. The molecule has 0 amide bonds. The summed E-state index contributed by atoms with van der Waals surface area (Å²) in [5.41, 5.74) is 7.43. The van der Waals surface area contributed by atoms with Gasteiger partial charge in [0.05, 0.1) is 10.7 Å². The van der Waals surface area contributed by atoms with E-state index in [1.54, 1.807) is 6.07 Å². The van der Waals surface area contributed by atoms with Crippen molar-refractivity contribution in [3.05, 3.63) is 23.2 Å². The number of halogens is 1. The molecule has 0 spiro atoms. The van der Waals surface area contributed by atoms with Crippen molar-refractivity contribution < 1.29 is 0 Å². The predicted octanol–water partition coefficient (Wildman–Crippen LogP) is 3.16. The maximum atomic E-state index is 6.12. The highest BCUT2D eigenvalue weighted by Crippen LogP contribution is 2.27. The summed E-state index contributed by atoms with van der Waals surface area (Å²) in [5.74, 6) is 0. The highest BCUT2D eigenvalue weighted by Gasteiger charge is 2.07. The fourth-order valence-electron chi connectivity index (χ4n) is 1.50. The quantitative estimate of drug-likeness (QED) is 0.777. The highest BCUT2D eigenvalue weighted by atomic mass is 35.5. The summed E-state index contributed by atoms with van der Waals surface area (Å²) in [7, 11) is 0. The number of nitrogens with two attached hydrogens (primary N) is 1. The third-order valence-corrected chi connectivity index (χ3v) is 2.49. The lowest BCUT2D eigenvalue weighted by Gasteiger charge is -2.23. The lowest BCUT2D eigenvalue weighted by Crippen LogP contribution is -2.23. The fraction of sp³-hybridized carbons (Fsp3) is 0.455. The van der Waals surface area contributed by atoms with Crippen LogP contribution in [0.3, 0.4) is 0 Å². The van der Waals surface area contributed by atoms with Crippen molar-refractivity contribution in [2.24, 2.45) is 0 Å². The zero-order valence-corrected chi connectivity index (χ0v) is 9.51. The van der Waals surface area contributed by atoms with Gasteiger partial charge in [-0.2, -0.15) is 0 Å². The van der Waals surface area contributed by atoms with Crippen molar-refractivity contribution >= 4 is 23.0 Å². The Bertz CT molecular complexity index is 299. The van der Waals surface area contributed by atoms with Crippen LogP contribution < -0.4 is 10.6 Å². The van der Waals surface area contributed by atoms with E-state index >= 15 is 0 Å². The number of nitrogen functional groups attached to an aromatic ring is 1. The third kappa shape index (κ3) is 2.55.